The van der Waals surface area contributed by atoms with Crippen molar-refractivity contribution in [1.29, 1.82) is 0 Å². The van der Waals surface area contributed by atoms with E-state index in [0.29, 0.717) is 5.75 Å². The van der Waals surface area contributed by atoms with Crippen molar-refractivity contribution in [3.63, 3.8) is 0 Å². The normalized spacial score (nSPS) is 10.8. The fraction of sp³-hybridized carbons (Fsp3) is 0.333. The molecule has 0 saturated carbocycles. The van der Waals surface area contributed by atoms with Gasteiger partial charge in [-0.3, -0.25) is 0 Å². The van der Waals surface area contributed by atoms with Gasteiger partial charge in [0.1, 0.15) is 0 Å². The maximum atomic E-state index is 11.8. The SMILES string of the molecule is FC(F)CCSc1ccccc1Br. The molecule has 0 heterocycles. The van der Waals surface area contributed by atoms with Gasteiger partial charge in [-0.05, 0) is 28.1 Å². The average molecular weight is 267 g/mol. The van der Waals surface area contributed by atoms with Crippen molar-refractivity contribution >= 4 is 27.7 Å². The molecule has 0 bridgehead atoms. The minimum Gasteiger partial charge on any atom is -0.211 e. The van der Waals surface area contributed by atoms with Crippen molar-refractivity contribution in [3.8, 4) is 0 Å². The van der Waals surface area contributed by atoms with E-state index in [-0.39, 0.29) is 6.42 Å². The second-order valence-electron chi connectivity index (χ2n) is 2.46. The minimum atomic E-state index is -2.20. The van der Waals surface area contributed by atoms with Crippen LogP contribution in [0.4, 0.5) is 8.78 Å². The predicted octanol–water partition coefficient (Wildman–Crippen LogP) is 4.20. The van der Waals surface area contributed by atoms with Crippen LogP contribution < -0.4 is 0 Å². The summed E-state index contributed by atoms with van der Waals surface area (Å²) in [5.41, 5.74) is 0. The lowest BCUT2D eigenvalue weighted by molar-refractivity contribution is 0.145. The predicted molar refractivity (Wildman–Crippen MR) is 55.5 cm³/mol. The van der Waals surface area contributed by atoms with Crippen LogP contribution in [0.1, 0.15) is 6.42 Å². The number of halogens is 3. The van der Waals surface area contributed by atoms with E-state index in [9.17, 15) is 8.78 Å². The Hall–Kier alpha value is -0.0900. The number of thioether (sulfide) groups is 1. The molecular formula is C9H9BrF2S. The Kier molecular flexibility index (Phi) is 4.73. The number of alkyl halides is 2. The highest BCUT2D eigenvalue weighted by Crippen LogP contribution is 2.27. The summed E-state index contributed by atoms with van der Waals surface area (Å²) in [5.74, 6) is 0.459. The summed E-state index contributed by atoms with van der Waals surface area (Å²) in [4.78, 5) is 1.02. The van der Waals surface area contributed by atoms with Crippen molar-refractivity contribution in [2.24, 2.45) is 0 Å². The van der Waals surface area contributed by atoms with Gasteiger partial charge in [-0.15, -0.1) is 11.8 Å². The fourth-order valence-electron chi connectivity index (χ4n) is 0.820. The van der Waals surface area contributed by atoms with E-state index in [0.717, 1.165) is 9.37 Å². The summed E-state index contributed by atoms with van der Waals surface area (Å²) in [7, 11) is 0. The first-order valence-corrected chi connectivity index (χ1v) is 5.63. The van der Waals surface area contributed by atoms with Crippen LogP contribution in [0.15, 0.2) is 33.6 Å². The van der Waals surface area contributed by atoms with Crippen LogP contribution in [0.2, 0.25) is 0 Å². The molecule has 0 nitrogen and oxygen atoms in total. The minimum absolute atomic E-state index is 0.0496. The lowest BCUT2D eigenvalue weighted by Gasteiger charge is -2.02. The van der Waals surface area contributed by atoms with Crippen molar-refractivity contribution in [2.75, 3.05) is 5.75 Å². The molecule has 0 aliphatic carbocycles. The maximum Gasteiger partial charge on any atom is 0.239 e. The Labute approximate surface area is 88.8 Å². The van der Waals surface area contributed by atoms with E-state index in [1.54, 1.807) is 0 Å². The van der Waals surface area contributed by atoms with Crippen LogP contribution in [0, 0.1) is 0 Å². The van der Waals surface area contributed by atoms with Crippen LogP contribution in [0.3, 0.4) is 0 Å². The molecule has 0 radical (unpaired) electrons. The van der Waals surface area contributed by atoms with Gasteiger partial charge in [0, 0.05) is 21.5 Å². The van der Waals surface area contributed by atoms with Crippen molar-refractivity contribution in [1.82, 2.24) is 0 Å². The van der Waals surface area contributed by atoms with Crippen LogP contribution in [-0.2, 0) is 0 Å². The summed E-state index contributed by atoms with van der Waals surface area (Å²) >= 11 is 4.80. The van der Waals surface area contributed by atoms with Gasteiger partial charge in [0.15, 0.2) is 0 Å². The Balaban J connectivity index is 2.41. The van der Waals surface area contributed by atoms with Gasteiger partial charge >= 0.3 is 0 Å². The van der Waals surface area contributed by atoms with Crippen molar-refractivity contribution in [2.45, 2.75) is 17.7 Å². The first kappa shape index (κ1) is 11.0. The topological polar surface area (TPSA) is 0 Å². The van der Waals surface area contributed by atoms with Gasteiger partial charge in [-0.2, -0.15) is 0 Å². The zero-order valence-corrected chi connectivity index (χ0v) is 9.25. The second kappa shape index (κ2) is 5.60. The Morgan fingerprint density at radius 3 is 2.62 bits per heavy atom. The van der Waals surface area contributed by atoms with Gasteiger partial charge in [-0.25, -0.2) is 8.78 Å². The average Bonchev–Trinajstić information content (AvgIpc) is 2.08. The first-order valence-electron chi connectivity index (χ1n) is 3.85. The van der Waals surface area contributed by atoms with E-state index in [2.05, 4.69) is 15.9 Å². The molecule has 1 aromatic rings. The third kappa shape index (κ3) is 4.09. The van der Waals surface area contributed by atoms with Crippen LogP contribution in [-0.4, -0.2) is 12.2 Å². The molecule has 0 aliphatic rings. The standard InChI is InChI=1S/C9H9BrF2S/c10-7-3-1-2-4-8(7)13-6-5-9(11)12/h1-4,9H,5-6H2. The van der Waals surface area contributed by atoms with Crippen LogP contribution in [0.5, 0.6) is 0 Å². The molecule has 1 aromatic carbocycles. The summed E-state index contributed by atoms with van der Waals surface area (Å²) in [6.07, 6.45) is -2.25. The monoisotopic (exact) mass is 266 g/mol. The quantitative estimate of drug-likeness (QED) is 0.737. The lowest BCUT2D eigenvalue weighted by atomic mass is 10.4. The molecule has 13 heavy (non-hydrogen) atoms. The van der Waals surface area contributed by atoms with Gasteiger partial charge in [-0.1, -0.05) is 12.1 Å². The van der Waals surface area contributed by atoms with Gasteiger partial charge < -0.3 is 0 Å². The summed E-state index contributed by atoms with van der Waals surface area (Å²) in [6.45, 7) is 0. The molecule has 4 heteroatoms. The lowest BCUT2D eigenvalue weighted by Crippen LogP contribution is -1.91. The number of benzene rings is 1. The Morgan fingerprint density at radius 1 is 1.31 bits per heavy atom. The van der Waals surface area contributed by atoms with E-state index in [1.165, 1.54) is 11.8 Å². The molecule has 0 saturated heterocycles. The first-order chi connectivity index (χ1) is 6.20. The van der Waals surface area contributed by atoms with Crippen molar-refractivity contribution in [3.05, 3.63) is 28.7 Å². The van der Waals surface area contributed by atoms with Crippen molar-refractivity contribution < 1.29 is 8.78 Å². The third-order valence-electron chi connectivity index (χ3n) is 1.43. The summed E-state index contributed by atoms with van der Waals surface area (Å²) in [5, 5.41) is 0. The Bertz CT molecular complexity index is 266. The molecule has 0 atom stereocenters. The second-order valence-corrected chi connectivity index (χ2v) is 4.45. The molecule has 1 rings (SSSR count). The molecule has 0 aromatic heterocycles. The number of hydrogen-bond donors (Lipinski definition) is 0. The summed E-state index contributed by atoms with van der Waals surface area (Å²) < 4.78 is 24.6. The fourth-order valence-corrected chi connectivity index (χ4v) is 2.34. The largest absolute Gasteiger partial charge is 0.239 e. The van der Waals surface area contributed by atoms with E-state index >= 15 is 0 Å². The van der Waals surface area contributed by atoms with Gasteiger partial charge in [0.25, 0.3) is 0 Å². The number of hydrogen-bond acceptors (Lipinski definition) is 1. The van der Waals surface area contributed by atoms with Gasteiger partial charge in [0.2, 0.25) is 6.43 Å². The van der Waals surface area contributed by atoms with E-state index < -0.39 is 6.43 Å². The zero-order chi connectivity index (χ0) is 9.68. The Morgan fingerprint density at radius 2 is 2.00 bits per heavy atom. The molecule has 0 spiro atoms. The van der Waals surface area contributed by atoms with Gasteiger partial charge in [0.05, 0.1) is 0 Å². The highest BCUT2D eigenvalue weighted by atomic mass is 79.9. The molecule has 0 fully saturated rings. The molecule has 0 aliphatic heterocycles. The molecule has 72 valence electrons. The smallest absolute Gasteiger partial charge is 0.211 e. The molecule has 0 N–H and O–H groups in total. The highest BCUT2D eigenvalue weighted by molar-refractivity contribution is 9.10. The molecule has 0 amide bonds. The molecule has 0 unspecified atom stereocenters. The number of rotatable bonds is 4. The highest BCUT2D eigenvalue weighted by Gasteiger charge is 2.03. The zero-order valence-electron chi connectivity index (χ0n) is 6.84. The maximum absolute atomic E-state index is 11.8. The van der Waals surface area contributed by atoms with E-state index in [4.69, 9.17) is 0 Å². The van der Waals surface area contributed by atoms with E-state index in [1.807, 2.05) is 24.3 Å². The van der Waals surface area contributed by atoms with Crippen LogP contribution >= 0.6 is 27.7 Å². The van der Waals surface area contributed by atoms with Crippen LogP contribution in [0.25, 0.3) is 0 Å². The third-order valence-corrected chi connectivity index (χ3v) is 3.49. The summed E-state index contributed by atoms with van der Waals surface area (Å²) in [6, 6.07) is 7.63. The molecular weight excluding hydrogens is 258 g/mol.